The first-order valence-corrected chi connectivity index (χ1v) is 7.77. The molecule has 0 saturated heterocycles. The van der Waals surface area contributed by atoms with Crippen molar-refractivity contribution in [1.82, 2.24) is 0 Å². The zero-order valence-electron chi connectivity index (χ0n) is 12.6. The highest BCUT2D eigenvalue weighted by Gasteiger charge is 2.35. The first-order chi connectivity index (χ1) is 10.8. The average molecular weight is 288 g/mol. The Hall–Kier alpha value is -2.48. The third-order valence-corrected chi connectivity index (χ3v) is 4.71. The van der Waals surface area contributed by atoms with E-state index < -0.39 is 0 Å². The molecule has 0 amide bonds. The van der Waals surface area contributed by atoms with Gasteiger partial charge in [0.2, 0.25) is 11.8 Å². The first-order valence-electron chi connectivity index (χ1n) is 7.77. The van der Waals surface area contributed by atoms with Crippen molar-refractivity contribution in [2.75, 3.05) is 0 Å². The number of hydrogen-bond donors (Lipinski definition) is 0. The van der Waals surface area contributed by atoms with Gasteiger partial charge in [-0.15, -0.1) is 0 Å². The van der Waals surface area contributed by atoms with E-state index in [1.165, 1.54) is 16.3 Å². The van der Waals surface area contributed by atoms with Crippen molar-refractivity contribution < 1.29 is 9.36 Å². The number of aryl methyl sites for hydroxylation is 2. The highest BCUT2D eigenvalue weighted by Crippen LogP contribution is 2.31. The van der Waals surface area contributed by atoms with Gasteiger partial charge < -0.3 is 0 Å². The van der Waals surface area contributed by atoms with Crippen molar-refractivity contribution in [2.24, 2.45) is 0 Å². The number of carbonyl (C=O) groups excluding carboxylic acids is 1. The monoisotopic (exact) mass is 288 g/mol. The molecule has 108 valence electrons. The summed E-state index contributed by atoms with van der Waals surface area (Å²) in [6, 6.07) is 18.4. The summed E-state index contributed by atoms with van der Waals surface area (Å²) in [7, 11) is 0. The zero-order valence-corrected chi connectivity index (χ0v) is 12.6. The van der Waals surface area contributed by atoms with Gasteiger partial charge in [0.25, 0.3) is 0 Å². The van der Waals surface area contributed by atoms with Crippen molar-refractivity contribution in [3.8, 4) is 0 Å². The van der Waals surface area contributed by atoms with Gasteiger partial charge in [-0.25, -0.2) is 0 Å². The maximum Gasteiger partial charge on any atom is 0.230 e. The molecule has 1 aliphatic rings. The number of hydrogen-bond acceptors (Lipinski definition) is 1. The van der Waals surface area contributed by atoms with E-state index in [1.807, 2.05) is 30.5 Å². The van der Waals surface area contributed by atoms with Gasteiger partial charge in [-0.3, -0.25) is 4.79 Å². The molecular weight excluding hydrogens is 270 g/mol. The Balaban J connectivity index is 1.84. The van der Waals surface area contributed by atoms with E-state index in [1.54, 1.807) is 0 Å². The molecule has 0 bridgehead atoms. The number of aromatic nitrogens is 1. The highest BCUT2D eigenvalue weighted by atomic mass is 16.1. The molecule has 22 heavy (non-hydrogen) atoms. The molecular formula is C20H18NO+. The summed E-state index contributed by atoms with van der Waals surface area (Å²) >= 11 is 0. The lowest BCUT2D eigenvalue weighted by molar-refractivity contribution is -0.714. The number of pyridine rings is 1. The summed E-state index contributed by atoms with van der Waals surface area (Å²) in [5, 5.41) is 2.44. The zero-order chi connectivity index (χ0) is 15.1. The Morgan fingerprint density at radius 1 is 1.00 bits per heavy atom. The van der Waals surface area contributed by atoms with Crippen LogP contribution in [0.25, 0.3) is 10.8 Å². The molecule has 3 aromatic rings. The lowest BCUT2D eigenvalue weighted by atomic mass is 9.84. The maximum absolute atomic E-state index is 13.0. The number of benzene rings is 2. The molecule has 0 aliphatic heterocycles. The van der Waals surface area contributed by atoms with E-state index in [0.29, 0.717) is 0 Å². The predicted molar refractivity (Wildman–Crippen MR) is 87.0 cm³/mol. The number of rotatable bonds is 1. The molecule has 0 unspecified atom stereocenters. The fourth-order valence-electron chi connectivity index (χ4n) is 3.58. The van der Waals surface area contributed by atoms with Crippen molar-refractivity contribution in [3.63, 3.8) is 0 Å². The summed E-state index contributed by atoms with van der Waals surface area (Å²) in [6.07, 6.45) is 3.84. The van der Waals surface area contributed by atoms with Gasteiger partial charge in [0, 0.05) is 31.0 Å². The van der Waals surface area contributed by atoms with Gasteiger partial charge in [0.15, 0.2) is 11.9 Å². The Morgan fingerprint density at radius 3 is 2.68 bits per heavy atom. The summed E-state index contributed by atoms with van der Waals surface area (Å²) in [5.41, 5.74) is 3.24. The van der Waals surface area contributed by atoms with Gasteiger partial charge in [0.05, 0.1) is 0 Å². The van der Waals surface area contributed by atoms with Crippen molar-refractivity contribution in [2.45, 2.75) is 25.8 Å². The van der Waals surface area contributed by atoms with E-state index in [4.69, 9.17) is 0 Å². The number of nitrogens with zero attached hydrogens (tertiary/aromatic N) is 1. The topological polar surface area (TPSA) is 20.9 Å². The quantitative estimate of drug-likeness (QED) is 0.624. The summed E-state index contributed by atoms with van der Waals surface area (Å²) < 4.78 is 2.11. The molecule has 2 heteroatoms. The molecule has 0 N–H and O–H groups in total. The van der Waals surface area contributed by atoms with Crippen LogP contribution in [0.5, 0.6) is 0 Å². The number of ketones is 1. The van der Waals surface area contributed by atoms with Crippen LogP contribution >= 0.6 is 0 Å². The Labute approximate surface area is 130 Å². The number of carbonyl (C=O) groups is 1. The van der Waals surface area contributed by atoms with Gasteiger partial charge >= 0.3 is 0 Å². The van der Waals surface area contributed by atoms with E-state index in [0.717, 1.165) is 24.1 Å². The van der Waals surface area contributed by atoms with Gasteiger partial charge in [-0.1, -0.05) is 42.5 Å². The third-order valence-electron chi connectivity index (χ3n) is 4.71. The lowest BCUT2D eigenvalue weighted by Crippen LogP contribution is -2.47. The van der Waals surface area contributed by atoms with Gasteiger partial charge in [0.1, 0.15) is 0 Å². The van der Waals surface area contributed by atoms with E-state index in [-0.39, 0.29) is 11.8 Å². The van der Waals surface area contributed by atoms with Crippen LogP contribution in [-0.4, -0.2) is 5.78 Å². The highest BCUT2D eigenvalue weighted by molar-refractivity contribution is 6.05. The lowest BCUT2D eigenvalue weighted by Gasteiger charge is -2.22. The van der Waals surface area contributed by atoms with Crippen LogP contribution in [0.4, 0.5) is 0 Å². The molecule has 0 fully saturated rings. The Bertz CT molecular complexity index is 882. The van der Waals surface area contributed by atoms with Crippen LogP contribution in [0, 0.1) is 6.92 Å². The smallest absolute Gasteiger partial charge is 0.230 e. The Morgan fingerprint density at radius 2 is 1.82 bits per heavy atom. The fraction of sp³-hybridized carbons (Fsp3) is 0.200. The second kappa shape index (κ2) is 5.06. The van der Waals surface area contributed by atoms with E-state index >= 15 is 0 Å². The predicted octanol–water partition coefficient (Wildman–Crippen LogP) is 3.81. The number of Topliss-reactive ketones (excluding diaryl/α,β-unsaturated/α-hetero) is 1. The summed E-state index contributed by atoms with van der Waals surface area (Å²) in [4.78, 5) is 13.0. The Kier molecular flexibility index (Phi) is 3.04. The molecule has 2 aromatic carbocycles. The van der Waals surface area contributed by atoms with E-state index in [9.17, 15) is 4.79 Å². The minimum absolute atomic E-state index is 0.0742. The molecule has 1 atom stereocenters. The van der Waals surface area contributed by atoms with Crippen molar-refractivity contribution >= 4 is 16.6 Å². The molecule has 1 aromatic heterocycles. The molecule has 0 saturated carbocycles. The van der Waals surface area contributed by atoms with Crippen LogP contribution in [0.2, 0.25) is 0 Å². The number of fused-ring (bicyclic) bond motifs is 3. The average Bonchev–Trinajstić information content (AvgIpc) is 2.56. The molecule has 4 rings (SSSR count). The molecule has 0 radical (unpaired) electrons. The van der Waals surface area contributed by atoms with Crippen molar-refractivity contribution in [1.29, 1.82) is 0 Å². The second-order valence-corrected chi connectivity index (χ2v) is 5.98. The van der Waals surface area contributed by atoms with Crippen molar-refractivity contribution in [3.05, 3.63) is 77.6 Å². The summed E-state index contributed by atoms with van der Waals surface area (Å²) in [6.45, 7) is 2.06. The fourth-order valence-corrected chi connectivity index (χ4v) is 3.58. The van der Waals surface area contributed by atoms with Gasteiger partial charge in [-0.05, 0) is 22.8 Å². The largest absolute Gasteiger partial charge is 0.287 e. The van der Waals surface area contributed by atoms with E-state index in [2.05, 4.69) is 41.8 Å². The van der Waals surface area contributed by atoms with Crippen LogP contribution in [-0.2, 0) is 6.42 Å². The van der Waals surface area contributed by atoms with Gasteiger partial charge in [-0.2, -0.15) is 4.57 Å². The standard InChI is InChI=1S/C20H18NO/c1-14-6-4-5-13-21(14)19-12-11-17-16-8-3-2-7-15(16)9-10-18(17)20(19)22/h2-10,13,19H,11-12H2,1H3/q+1/t19-/m0/s1. The normalized spacial score (nSPS) is 17.5. The van der Waals surface area contributed by atoms with Crippen LogP contribution in [0.15, 0.2) is 60.8 Å². The summed E-state index contributed by atoms with van der Waals surface area (Å²) in [5.74, 6) is 0.242. The van der Waals surface area contributed by atoms with Crippen LogP contribution in [0.3, 0.4) is 0 Å². The molecule has 0 spiro atoms. The van der Waals surface area contributed by atoms with Crippen LogP contribution in [0.1, 0.15) is 34.1 Å². The molecule has 2 nitrogen and oxygen atoms in total. The molecule has 1 heterocycles. The first kappa shape index (κ1) is 13.2. The van der Waals surface area contributed by atoms with Crippen LogP contribution < -0.4 is 4.57 Å². The minimum Gasteiger partial charge on any atom is -0.287 e. The minimum atomic E-state index is -0.0742. The SMILES string of the molecule is Cc1cccc[n+]1[C@H]1CCc2c(ccc3ccccc23)C1=O. The molecule has 1 aliphatic carbocycles. The second-order valence-electron chi connectivity index (χ2n) is 5.98. The maximum atomic E-state index is 13.0. The third kappa shape index (κ3) is 1.95.